The van der Waals surface area contributed by atoms with Crippen molar-refractivity contribution in [3.8, 4) is 0 Å². The minimum atomic E-state index is 0.440. The molecule has 56 valence electrons. The summed E-state index contributed by atoms with van der Waals surface area (Å²) in [6, 6.07) is 0. The second kappa shape index (κ2) is 6.11. The summed E-state index contributed by atoms with van der Waals surface area (Å²) in [6.07, 6.45) is 7.52. The molecule has 0 saturated heterocycles. The average molecular weight is 138 g/mol. The van der Waals surface area contributed by atoms with Gasteiger partial charge in [-0.1, -0.05) is 18.7 Å². The van der Waals surface area contributed by atoms with Crippen LogP contribution in [-0.2, 0) is 0 Å². The Morgan fingerprint density at radius 2 is 2.40 bits per heavy atom. The van der Waals surface area contributed by atoms with Crippen LogP contribution in [0.2, 0.25) is 0 Å². The van der Waals surface area contributed by atoms with E-state index in [9.17, 15) is 0 Å². The Morgan fingerprint density at radius 1 is 1.70 bits per heavy atom. The third-order valence-electron chi connectivity index (χ3n) is 0.994. The number of hydrogen-bond acceptors (Lipinski definition) is 2. The van der Waals surface area contributed by atoms with Gasteiger partial charge in [0, 0.05) is 5.70 Å². The van der Waals surface area contributed by atoms with Gasteiger partial charge in [-0.15, -0.1) is 0 Å². The summed E-state index contributed by atoms with van der Waals surface area (Å²) in [6.45, 7) is 6.01. The maximum atomic E-state index is 5.25. The van der Waals surface area contributed by atoms with Crippen LogP contribution in [-0.4, -0.2) is 6.67 Å². The van der Waals surface area contributed by atoms with Crippen molar-refractivity contribution >= 4 is 0 Å². The van der Waals surface area contributed by atoms with Gasteiger partial charge in [-0.2, -0.15) is 0 Å². The predicted molar refractivity (Wildman–Crippen MR) is 45.3 cm³/mol. The maximum absolute atomic E-state index is 5.25. The third kappa shape index (κ3) is 3.92. The molecule has 0 unspecified atom stereocenters. The van der Waals surface area contributed by atoms with E-state index in [0.717, 1.165) is 5.70 Å². The number of hydrogen-bond donors (Lipinski definition) is 2. The summed E-state index contributed by atoms with van der Waals surface area (Å²) in [5, 5.41) is 2.94. The molecule has 0 saturated carbocycles. The monoisotopic (exact) mass is 138 g/mol. The fourth-order valence-corrected chi connectivity index (χ4v) is 0.517. The lowest BCUT2D eigenvalue weighted by molar-refractivity contribution is 0.849. The van der Waals surface area contributed by atoms with Gasteiger partial charge in [-0.3, -0.25) is 0 Å². The van der Waals surface area contributed by atoms with Crippen molar-refractivity contribution in [3.63, 3.8) is 0 Å². The summed E-state index contributed by atoms with van der Waals surface area (Å²) >= 11 is 0. The molecule has 0 aliphatic heterocycles. The summed E-state index contributed by atoms with van der Waals surface area (Å²) < 4.78 is 0. The first-order valence-corrected chi connectivity index (χ1v) is 3.24. The quantitative estimate of drug-likeness (QED) is 0.451. The zero-order chi connectivity index (χ0) is 7.82. The third-order valence-corrected chi connectivity index (χ3v) is 0.994. The van der Waals surface area contributed by atoms with Gasteiger partial charge in [0.25, 0.3) is 0 Å². The van der Waals surface area contributed by atoms with Crippen molar-refractivity contribution in [2.45, 2.75) is 6.92 Å². The average Bonchev–Trinajstić information content (AvgIpc) is 1.98. The molecule has 10 heavy (non-hydrogen) atoms. The van der Waals surface area contributed by atoms with E-state index in [2.05, 4.69) is 11.9 Å². The molecule has 0 aromatic carbocycles. The molecule has 0 spiro atoms. The molecular formula is C8H14N2. The van der Waals surface area contributed by atoms with Gasteiger partial charge in [0.15, 0.2) is 0 Å². The van der Waals surface area contributed by atoms with E-state index in [1.807, 2.05) is 25.2 Å². The molecule has 0 atom stereocenters. The van der Waals surface area contributed by atoms with Crippen LogP contribution in [0, 0.1) is 0 Å². The van der Waals surface area contributed by atoms with Gasteiger partial charge < -0.3 is 11.1 Å². The second-order valence-corrected chi connectivity index (χ2v) is 1.73. The number of allylic oxidation sites excluding steroid dienone is 4. The van der Waals surface area contributed by atoms with Crippen LogP contribution in [0.5, 0.6) is 0 Å². The maximum Gasteiger partial charge on any atom is 0.0628 e. The van der Waals surface area contributed by atoms with Crippen molar-refractivity contribution in [2.75, 3.05) is 6.67 Å². The summed E-state index contributed by atoms with van der Waals surface area (Å²) in [7, 11) is 0. The molecule has 0 aliphatic carbocycles. The Bertz CT molecular complexity index is 145. The highest BCUT2D eigenvalue weighted by Gasteiger charge is 1.81. The molecule has 0 aromatic heterocycles. The minimum Gasteiger partial charge on any atom is -0.373 e. The highest BCUT2D eigenvalue weighted by atomic mass is 15.0. The van der Waals surface area contributed by atoms with Gasteiger partial charge in [0.05, 0.1) is 6.67 Å². The van der Waals surface area contributed by atoms with Crippen LogP contribution in [0.4, 0.5) is 0 Å². The molecule has 0 radical (unpaired) electrons. The first kappa shape index (κ1) is 8.98. The molecule has 0 amide bonds. The van der Waals surface area contributed by atoms with Gasteiger partial charge in [-0.25, -0.2) is 0 Å². The van der Waals surface area contributed by atoms with Gasteiger partial charge >= 0.3 is 0 Å². The normalized spacial score (nSPS) is 12.0. The van der Waals surface area contributed by atoms with E-state index in [0.29, 0.717) is 6.67 Å². The fourth-order valence-electron chi connectivity index (χ4n) is 0.517. The van der Waals surface area contributed by atoms with Crippen molar-refractivity contribution in [2.24, 2.45) is 5.73 Å². The molecule has 2 nitrogen and oxygen atoms in total. The van der Waals surface area contributed by atoms with Crippen LogP contribution in [0.3, 0.4) is 0 Å². The molecule has 0 bridgehead atoms. The van der Waals surface area contributed by atoms with Gasteiger partial charge in [0.2, 0.25) is 0 Å². The standard InChI is InChI=1S/C8H14N2/c1-3-5-6-8(4-2)10-7-9/h3-6,10H,2,7,9H2,1H3/b5-3-,8-6+. The molecule has 0 aliphatic rings. The molecule has 0 aromatic rings. The Labute approximate surface area is 62.1 Å². The number of nitrogens with two attached hydrogens (primary N) is 1. The Kier molecular flexibility index (Phi) is 5.48. The van der Waals surface area contributed by atoms with Crippen LogP contribution >= 0.6 is 0 Å². The van der Waals surface area contributed by atoms with E-state index in [1.165, 1.54) is 0 Å². The van der Waals surface area contributed by atoms with E-state index in [4.69, 9.17) is 5.73 Å². The SMILES string of the molecule is C=C/C(=C\C=C/C)NCN. The van der Waals surface area contributed by atoms with Crippen molar-refractivity contribution in [1.82, 2.24) is 5.32 Å². The van der Waals surface area contributed by atoms with Gasteiger partial charge in [0.1, 0.15) is 0 Å². The van der Waals surface area contributed by atoms with Crippen molar-refractivity contribution in [1.29, 1.82) is 0 Å². The lowest BCUT2D eigenvalue weighted by atomic mass is 10.3. The van der Waals surface area contributed by atoms with Crippen LogP contribution in [0.15, 0.2) is 36.6 Å². The summed E-state index contributed by atoms with van der Waals surface area (Å²) in [5.41, 5.74) is 6.20. The largest absolute Gasteiger partial charge is 0.373 e. The molecular weight excluding hydrogens is 124 g/mol. The molecule has 0 heterocycles. The number of rotatable bonds is 4. The minimum absolute atomic E-state index is 0.440. The van der Waals surface area contributed by atoms with Crippen molar-refractivity contribution in [3.05, 3.63) is 36.6 Å². The van der Waals surface area contributed by atoms with Crippen LogP contribution in [0.25, 0.3) is 0 Å². The molecule has 2 heteroatoms. The van der Waals surface area contributed by atoms with Crippen LogP contribution < -0.4 is 11.1 Å². The van der Waals surface area contributed by atoms with E-state index in [-0.39, 0.29) is 0 Å². The number of nitrogens with one attached hydrogen (secondary N) is 1. The highest BCUT2D eigenvalue weighted by molar-refractivity contribution is 5.19. The van der Waals surface area contributed by atoms with E-state index < -0.39 is 0 Å². The first-order chi connectivity index (χ1) is 4.85. The summed E-state index contributed by atoms with van der Waals surface area (Å²) in [4.78, 5) is 0. The van der Waals surface area contributed by atoms with E-state index >= 15 is 0 Å². The predicted octanol–water partition coefficient (Wildman–Crippen LogP) is 1.14. The zero-order valence-corrected chi connectivity index (χ0v) is 6.30. The fraction of sp³-hybridized carbons (Fsp3) is 0.250. The zero-order valence-electron chi connectivity index (χ0n) is 6.30. The molecule has 0 fully saturated rings. The lowest BCUT2D eigenvalue weighted by Gasteiger charge is -2.00. The molecule has 0 rings (SSSR count). The Hall–Kier alpha value is -1.02. The second-order valence-electron chi connectivity index (χ2n) is 1.73. The van der Waals surface area contributed by atoms with Crippen molar-refractivity contribution < 1.29 is 0 Å². The first-order valence-electron chi connectivity index (χ1n) is 3.24. The highest BCUT2D eigenvalue weighted by Crippen LogP contribution is 1.88. The van der Waals surface area contributed by atoms with Gasteiger partial charge in [-0.05, 0) is 19.1 Å². The topological polar surface area (TPSA) is 38.0 Å². The smallest absolute Gasteiger partial charge is 0.0628 e. The lowest BCUT2D eigenvalue weighted by Crippen LogP contribution is -2.20. The van der Waals surface area contributed by atoms with Crippen LogP contribution in [0.1, 0.15) is 6.92 Å². The molecule has 3 N–H and O–H groups in total. The van der Waals surface area contributed by atoms with E-state index in [1.54, 1.807) is 6.08 Å². The Balaban J connectivity index is 3.90. The summed E-state index contributed by atoms with van der Waals surface area (Å²) in [5.74, 6) is 0. The Morgan fingerprint density at radius 3 is 2.80 bits per heavy atom.